The first-order valence-electron chi connectivity index (χ1n) is 8.08. The van der Waals surface area contributed by atoms with Crippen LogP contribution in [0, 0.1) is 6.92 Å². The summed E-state index contributed by atoms with van der Waals surface area (Å²) in [6, 6.07) is 4.26. The average molecular weight is 295 g/mol. The Morgan fingerprint density at radius 2 is 1.70 bits per heavy atom. The minimum atomic E-state index is 0.498. The average Bonchev–Trinajstić information content (AvgIpc) is 2.45. The van der Waals surface area contributed by atoms with E-state index in [0.717, 1.165) is 23.3 Å². The van der Waals surface area contributed by atoms with Crippen molar-refractivity contribution in [1.29, 1.82) is 0 Å². The first-order valence-corrected chi connectivity index (χ1v) is 9.23. The predicted octanol–water partition coefficient (Wildman–Crippen LogP) is 5.86. The number of thioether (sulfide) groups is 1. The Labute approximate surface area is 129 Å². The molecule has 0 heterocycles. The van der Waals surface area contributed by atoms with Gasteiger partial charge in [0.25, 0.3) is 0 Å². The third-order valence-electron chi connectivity index (χ3n) is 3.75. The maximum Gasteiger partial charge on any atom is 0.122 e. The summed E-state index contributed by atoms with van der Waals surface area (Å²) in [6.07, 6.45) is 9.17. The number of phenols is 1. The van der Waals surface area contributed by atoms with Crippen LogP contribution in [0.15, 0.2) is 12.1 Å². The summed E-state index contributed by atoms with van der Waals surface area (Å²) in [5.41, 5.74) is 3.45. The fraction of sp³-hybridized carbons (Fsp3) is 0.667. The zero-order valence-electron chi connectivity index (χ0n) is 13.4. The van der Waals surface area contributed by atoms with E-state index in [1.807, 2.05) is 18.7 Å². The van der Waals surface area contributed by atoms with Crippen molar-refractivity contribution in [3.05, 3.63) is 28.8 Å². The second kappa shape index (κ2) is 10.1. The van der Waals surface area contributed by atoms with Gasteiger partial charge in [0.15, 0.2) is 0 Å². The number of benzene rings is 1. The number of aromatic hydroxyl groups is 1. The van der Waals surface area contributed by atoms with Crippen LogP contribution in [0.3, 0.4) is 0 Å². The van der Waals surface area contributed by atoms with Crippen LogP contribution in [0.25, 0.3) is 0 Å². The third-order valence-corrected chi connectivity index (χ3v) is 4.84. The molecule has 2 heteroatoms. The van der Waals surface area contributed by atoms with Crippen LogP contribution < -0.4 is 0 Å². The van der Waals surface area contributed by atoms with Crippen LogP contribution in [0.1, 0.15) is 69.1 Å². The van der Waals surface area contributed by atoms with Gasteiger partial charge < -0.3 is 5.11 Å². The van der Waals surface area contributed by atoms with Gasteiger partial charge in [0.1, 0.15) is 5.75 Å². The van der Waals surface area contributed by atoms with E-state index in [9.17, 15) is 5.11 Å². The van der Waals surface area contributed by atoms with Gasteiger partial charge in [-0.15, -0.1) is 0 Å². The second-order valence-electron chi connectivity index (χ2n) is 5.59. The van der Waals surface area contributed by atoms with Crippen LogP contribution in [0.4, 0.5) is 0 Å². The van der Waals surface area contributed by atoms with Gasteiger partial charge in [0.05, 0.1) is 0 Å². The largest absolute Gasteiger partial charge is 0.507 e. The van der Waals surface area contributed by atoms with Crippen LogP contribution in [-0.2, 0) is 12.2 Å². The lowest BCUT2D eigenvalue weighted by atomic mass is 10.0. The Morgan fingerprint density at radius 1 is 1.00 bits per heavy atom. The molecule has 1 aromatic rings. The smallest absolute Gasteiger partial charge is 0.122 e. The van der Waals surface area contributed by atoms with Crippen molar-refractivity contribution in [2.45, 2.75) is 71.5 Å². The van der Waals surface area contributed by atoms with E-state index in [-0.39, 0.29) is 0 Å². The highest BCUT2D eigenvalue weighted by molar-refractivity contribution is 7.98. The van der Waals surface area contributed by atoms with Crippen molar-refractivity contribution >= 4 is 11.8 Å². The molecule has 0 radical (unpaired) electrons. The molecular weight excluding hydrogens is 264 g/mol. The zero-order valence-corrected chi connectivity index (χ0v) is 14.2. The predicted molar refractivity (Wildman–Crippen MR) is 91.8 cm³/mol. The van der Waals surface area contributed by atoms with Crippen molar-refractivity contribution in [3.63, 3.8) is 0 Å². The Kier molecular flexibility index (Phi) is 8.84. The Bertz CT molecular complexity index is 387. The molecule has 1 rings (SSSR count). The normalized spacial score (nSPS) is 10.9. The van der Waals surface area contributed by atoms with Crippen LogP contribution in [0.2, 0.25) is 0 Å². The summed E-state index contributed by atoms with van der Waals surface area (Å²) in [6.45, 7) is 6.42. The zero-order chi connectivity index (χ0) is 14.8. The van der Waals surface area contributed by atoms with E-state index >= 15 is 0 Å². The lowest BCUT2D eigenvalue weighted by Crippen LogP contribution is -1.91. The highest BCUT2D eigenvalue weighted by Crippen LogP contribution is 2.28. The Balaban J connectivity index is 2.26. The number of hydrogen-bond acceptors (Lipinski definition) is 2. The van der Waals surface area contributed by atoms with Gasteiger partial charge in [-0.3, -0.25) is 0 Å². The van der Waals surface area contributed by atoms with Crippen LogP contribution in [0.5, 0.6) is 5.75 Å². The van der Waals surface area contributed by atoms with E-state index in [0.29, 0.717) is 5.75 Å². The fourth-order valence-corrected chi connectivity index (χ4v) is 3.41. The maximum atomic E-state index is 10.1. The van der Waals surface area contributed by atoms with E-state index < -0.39 is 0 Å². The molecule has 1 nitrogen and oxygen atoms in total. The fourth-order valence-electron chi connectivity index (χ4n) is 2.41. The van der Waals surface area contributed by atoms with Crippen LogP contribution >= 0.6 is 11.8 Å². The molecule has 0 spiro atoms. The number of hydrogen-bond donors (Lipinski definition) is 1. The summed E-state index contributed by atoms with van der Waals surface area (Å²) in [7, 11) is 0. The SMILES string of the molecule is CCCCCCCCSCc1cc(CC)cc(C)c1O. The first kappa shape index (κ1) is 17.4. The Hall–Kier alpha value is -0.630. The molecule has 0 saturated heterocycles. The molecule has 0 aliphatic rings. The maximum absolute atomic E-state index is 10.1. The molecule has 0 aliphatic heterocycles. The molecule has 0 fully saturated rings. The molecule has 0 amide bonds. The number of unbranched alkanes of at least 4 members (excludes halogenated alkanes) is 5. The Morgan fingerprint density at radius 3 is 2.40 bits per heavy atom. The van der Waals surface area contributed by atoms with Gasteiger partial charge >= 0.3 is 0 Å². The lowest BCUT2D eigenvalue weighted by Gasteiger charge is -2.10. The highest BCUT2D eigenvalue weighted by Gasteiger charge is 2.06. The lowest BCUT2D eigenvalue weighted by molar-refractivity contribution is 0.466. The third kappa shape index (κ3) is 6.21. The van der Waals surface area contributed by atoms with E-state index in [4.69, 9.17) is 0 Å². The molecule has 1 aromatic carbocycles. The molecule has 114 valence electrons. The second-order valence-corrected chi connectivity index (χ2v) is 6.70. The van der Waals surface area contributed by atoms with Gasteiger partial charge in [-0.05, 0) is 36.6 Å². The summed E-state index contributed by atoms with van der Waals surface area (Å²) in [4.78, 5) is 0. The van der Waals surface area contributed by atoms with Gasteiger partial charge in [-0.2, -0.15) is 11.8 Å². The molecule has 0 aliphatic carbocycles. The molecule has 0 atom stereocenters. The van der Waals surface area contributed by atoms with E-state index in [1.165, 1.54) is 49.8 Å². The van der Waals surface area contributed by atoms with Gasteiger partial charge in [-0.1, -0.05) is 58.1 Å². The molecule has 20 heavy (non-hydrogen) atoms. The molecule has 0 aromatic heterocycles. The molecule has 0 bridgehead atoms. The number of aryl methyl sites for hydroxylation is 2. The molecule has 0 saturated carbocycles. The summed E-state index contributed by atoms with van der Waals surface area (Å²) < 4.78 is 0. The highest BCUT2D eigenvalue weighted by atomic mass is 32.2. The number of phenolic OH excluding ortho intramolecular Hbond substituents is 1. The van der Waals surface area contributed by atoms with Crippen molar-refractivity contribution in [1.82, 2.24) is 0 Å². The van der Waals surface area contributed by atoms with Gasteiger partial charge in [0.2, 0.25) is 0 Å². The van der Waals surface area contributed by atoms with Crippen molar-refractivity contribution < 1.29 is 5.11 Å². The first-order chi connectivity index (χ1) is 9.69. The topological polar surface area (TPSA) is 20.2 Å². The van der Waals surface area contributed by atoms with Crippen molar-refractivity contribution in [2.24, 2.45) is 0 Å². The van der Waals surface area contributed by atoms with Gasteiger partial charge in [-0.25, -0.2) is 0 Å². The quantitative estimate of drug-likeness (QED) is 0.546. The van der Waals surface area contributed by atoms with Crippen molar-refractivity contribution in [3.8, 4) is 5.75 Å². The summed E-state index contributed by atoms with van der Waals surface area (Å²) in [5.74, 6) is 2.65. The van der Waals surface area contributed by atoms with Gasteiger partial charge in [0, 0.05) is 11.3 Å². The van der Waals surface area contributed by atoms with E-state index in [2.05, 4.69) is 26.0 Å². The minimum Gasteiger partial charge on any atom is -0.507 e. The minimum absolute atomic E-state index is 0.498. The molecule has 0 unspecified atom stereocenters. The van der Waals surface area contributed by atoms with E-state index in [1.54, 1.807) is 0 Å². The summed E-state index contributed by atoms with van der Waals surface area (Å²) >= 11 is 1.95. The monoisotopic (exact) mass is 294 g/mol. The van der Waals surface area contributed by atoms with Crippen molar-refractivity contribution in [2.75, 3.05) is 5.75 Å². The molecular formula is C18H30OS. The standard InChI is InChI=1S/C18H30OS/c1-4-6-7-8-9-10-11-20-14-17-13-16(5-2)12-15(3)18(17)19/h12-13,19H,4-11,14H2,1-3H3. The molecule has 1 N–H and O–H groups in total. The summed E-state index contributed by atoms with van der Waals surface area (Å²) in [5, 5.41) is 10.1. The number of rotatable bonds is 10. The van der Waals surface area contributed by atoms with Crippen LogP contribution in [-0.4, -0.2) is 10.9 Å².